The van der Waals surface area contributed by atoms with Gasteiger partial charge in [-0.05, 0) is 55.0 Å². The molecule has 6 heteroatoms. The van der Waals surface area contributed by atoms with E-state index in [9.17, 15) is 4.79 Å². The Morgan fingerprint density at radius 1 is 1.10 bits per heavy atom. The second-order valence-corrected chi connectivity index (χ2v) is 10.4. The van der Waals surface area contributed by atoms with Crippen LogP contribution in [0.4, 0.5) is 0 Å². The Labute approximate surface area is 192 Å². The van der Waals surface area contributed by atoms with Crippen LogP contribution in [0, 0.1) is 0 Å². The van der Waals surface area contributed by atoms with Gasteiger partial charge >= 0.3 is 0 Å². The van der Waals surface area contributed by atoms with Gasteiger partial charge in [0.2, 0.25) is 5.91 Å². The van der Waals surface area contributed by atoms with Gasteiger partial charge in [-0.25, -0.2) is 4.98 Å². The van der Waals surface area contributed by atoms with Crippen LogP contribution >= 0.6 is 23.1 Å². The summed E-state index contributed by atoms with van der Waals surface area (Å²) in [6, 6.07) is 16.7. The molecule has 164 valence electrons. The molecule has 1 saturated carbocycles. The monoisotopic (exact) mass is 454 g/mol. The van der Waals surface area contributed by atoms with Crippen molar-refractivity contribution < 1.29 is 9.53 Å². The molecule has 1 N–H and O–H groups in total. The van der Waals surface area contributed by atoms with Gasteiger partial charge in [0.25, 0.3) is 0 Å². The lowest BCUT2D eigenvalue weighted by molar-refractivity contribution is -0.121. The highest BCUT2D eigenvalue weighted by Crippen LogP contribution is 2.33. The predicted octanol–water partition coefficient (Wildman–Crippen LogP) is 6.41. The van der Waals surface area contributed by atoms with Crippen LogP contribution < -0.4 is 10.1 Å². The van der Waals surface area contributed by atoms with Gasteiger partial charge in [0.05, 0.1) is 16.8 Å². The SMILES string of the molecule is O=C(CCCSc1nc2ccccc2s1)NCCOc1ccc(C2CCCCC2)cc1. The number of fused-ring (bicyclic) bond motifs is 1. The zero-order valence-corrected chi connectivity index (χ0v) is 19.5. The highest BCUT2D eigenvalue weighted by molar-refractivity contribution is 8.01. The van der Waals surface area contributed by atoms with E-state index < -0.39 is 0 Å². The van der Waals surface area contributed by atoms with Crippen LogP contribution in [0.1, 0.15) is 56.4 Å². The largest absolute Gasteiger partial charge is 0.492 e. The summed E-state index contributed by atoms with van der Waals surface area (Å²) >= 11 is 3.44. The number of para-hydroxylation sites is 1. The van der Waals surface area contributed by atoms with Crippen molar-refractivity contribution in [3.05, 3.63) is 54.1 Å². The van der Waals surface area contributed by atoms with E-state index >= 15 is 0 Å². The fraction of sp³-hybridized carbons (Fsp3) is 0.440. The zero-order valence-electron chi connectivity index (χ0n) is 17.8. The molecule has 1 aliphatic carbocycles. The molecule has 1 aliphatic rings. The average Bonchev–Trinajstić information content (AvgIpc) is 3.23. The summed E-state index contributed by atoms with van der Waals surface area (Å²) in [5.74, 6) is 2.58. The third-order valence-corrected chi connectivity index (χ3v) is 7.96. The molecule has 2 aromatic carbocycles. The Kier molecular flexibility index (Phi) is 8.24. The summed E-state index contributed by atoms with van der Waals surface area (Å²) in [5.41, 5.74) is 2.49. The number of nitrogens with one attached hydrogen (secondary N) is 1. The minimum absolute atomic E-state index is 0.0844. The number of rotatable bonds is 10. The average molecular weight is 455 g/mol. The Bertz CT molecular complexity index is 932. The second-order valence-electron chi connectivity index (χ2n) is 8.00. The summed E-state index contributed by atoms with van der Waals surface area (Å²) in [6.45, 7) is 1.03. The first-order valence-electron chi connectivity index (χ1n) is 11.3. The molecule has 1 fully saturated rings. The lowest BCUT2D eigenvalue weighted by atomic mass is 9.84. The van der Waals surface area contributed by atoms with Gasteiger partial charge in [-0.2, -0.15) is 0 Å². The van der Waals surface area contributed by atoms with E-state index in [-0.39, 0.29) is 5.91 Å². The maximum Gasteiger partial charge on any atom is 0.220 e. The fourth-order valence-electron chi connectivity index (χ4n) is 4.02. The molecule has 0 saturated heterocycles. The second kappa shape index (κ2) is 11.5. The van der Waals surface area contributed by atoms with Crippen LogP contribution in [-0.4, -0.2) is 29.8 Å². The van der Waals surface area contributed by atoms with Gasteiger partial charge < -0.3 is 10.1 Å². The number of amides is 1. The number of thioether (sulfide) groups is 1. The van der Waals surface area contributed by atoms with Crippen molar-refractivity contribution in [1.82, 2.24) is 10.3 Å². The summed E-state index contributed by atoms with van der Waals surface area (Å²) in [5, 5.41) is 2.95. The van der Waals surface area contributed by atoms with Crippen molar-refractivity contribution >= 4 is 39.2 Å². The van der Waals surface area contributed by atoms with Crippen molar-refractivity contribution in [1.29, 1.82) is 0 Å². The standard InChI is InChI=1S/C25H30N2O2S2/c28-24(11-6-18-30-25-27-22-9-4-5-10-23(22)31-25)26-16-17-29-21-14-12-20(13-15-21)19-7-2-1-3-8-19/h4-5,9-10,12-15,19H,1-3,6-8,11,16-18H2,(H,26,28). The molecule has 31 heavy (non-hydrogen) atoms. The lowest BCUT2D eigenvalue weighted by Crippen LogP contribution is -2.27. The molecule has 3 aromatic rings. The van der Waals surface area contributed by atoms with Gasteiger partial charge in [0, 0.05) is 12.2 Å². The third kappa shape index (κ3) is 6.71. The van der Waals surface area contributed by atoms with Crippen molar-refractivity contribution in [3.8, 4) is 5.75 Å². The number of hydrogen-bond acceptors (Lipinski definition) is 5. The van der Waals surface area contributed by atoms with Crippen molar-refractivity contribution in [2.75, 3.05) is 18.9 Å². The molecule has 0 spiro atoms. The van der Waals surface area contributed by atoms with E-state index in [1.807, 2.05) is 18.2 Å². The fourth-order valence-corrected chi connectivity index (χ4v) is 6.10. The van der Waals surface area contributed by atoms with Crippen LogP contribution in [0.3, 0.4) is 0 Å². The number of thiazole rings is 1. The Balaban J connectivity index is 1.08. The quantitative estimate of drug-likeness (QED) is 0.284. The first-order chi connectivity index (χ1) is 15.3. The smallest absolute Gasteiger partial charge is 0.220 e. The van der Waals surface area contributed by atoms with E-state index in [2.05, 4.69) is 40.6 Å². The first-order valence-corrected chi connectivity index (χ1v) is 13.1. The van der Waals surface area contributed by atoms with Gasteiger partial charge in [-0.1, -0.05) is 55.3 Å². The van der Waals surface area contributed by atoms with Crippen LogP contribution in [0.15, 0.2) is 52.9 Å². The highest BCUT2D eigenvalue weighted by Gasteiger charge is 2.15. The van der Waals surface area contributed by atoms with Gasteiger partial charge in [-0.15, -0.1) is 11.3 Å². The molecule has 0 radical (unpaired) electrons. The Hall–Kier alpha value is -2.05. The summed E-state index contributed by atoms with van der Waals surface area (Å²) < 4.78 is 8.07. The maximum absolute atomic E-state index is 12.0. The number of hydrogen-bond donors (Lipinski definition) is 1. The number of carbonyl (C=O) groups excluding carboxylic acids is 1. The van der Waals surface area contributed by atoms with E-state index in [4.69, 9.17) is 4.74 Å². The van der Waals surface area contributed by atoms with Gasteiger partial charge in [0.15, 0.2) is 4.34 Å². The molecule has 0 aliphatic heterocycles. The van der Waals surface area contributed by atoms with Crippen LogP contribution in [-0.2, 0) is 4.79 Å². The normalized spacial score (nSPS) is 14.6. The molecule has 0 bridgehead atoms. The Morgan fingerprint density at radius 2 is 1.90 bits per heavy atom. The third-order valence-electron chi connectivity index (χ3n) is 5.70. The molecule has 0 atom stereocenters. The van der Waals surface area contributed by atoms with E-state index in [1.54, 1.807) is 23.1 Å². The molecular weight excluding hydrogens is 424 g/mol. The van der Waals surface area contributed by atoms with E-state index in [0.29, 0.717) is 19.6 Å². The summed E-state index contributed by atoms with van der Waals surface area (Å²) in [6.07, 6.45) is 8.08. The minimum atomic E-state index is 0.0844. The summed E-state index contributed by atoms with van der Waals surface area (Å²) in [7, 11) is 0. The topological polar surface area (TPSA) is 51.2 Å². The van der Waals surface area contributed by atoms with Crippen molar-refractivity contribution in [3.63, 3.8) is 0 Å². The number of carbonyl (C=O) groups is 1. The van der Waals surface area contributed by atoms with Gasteiger partial charge in [-0.3, -0.25) is 4.79 Å². The van der Waals surface area contributed by atoms with Crippen molar-refractivity contribution in [2.24, 2.45) is 0 Å². The molecule has 4 nitrogen and oxygen atoms in total. The maximum atomic E-state index is 12.0. The van der Waals surface area contributed by atoms with Crippen LogP contribution in [0.5, 0.6) is 5.75 Å². The van der Waals surface area contributed by atoms with E-state index in [0.717, 1.165) is 33.7 Å². The highest BCUT2D eigenvalue weighted by atomic mass is 32.2. The molecule has 1 heterocycles. The van der Waals surface area contributed by atoms with Crippen LogP contribution in [0.2, 0.25) is 0 Å². The number of nitrogens with zero attached hydrogens (tertiary/aromatic N) is 1. The van der Waals surface area contributed by atoms with Crippen LogP contribution in [0.25, 0.3) is 10.2 Å². The molecule has 1 amide bonds. The number of ether oxygens (including phenoxy) is 1. The molecular formula is C25H30N2O2S2. The molecule has 0 unspecified atom stereocenters. The lowest BCUT2D eigenvalue weighted by Gasteiger charge is -2.22. The van der Waals surface area contributed by atoms with Gasteiger partial charge in [0.1, 0.15) is 12.4 Å². The van der Waals surface area contributed by atoms with E-state index in [1.165, 1.54) is 42.4 Å². The number of benzene rings is 2. The zero-order chi connectivity index (χ0) is 21.3. The predicted molar refractivity (Wildman–Crippen MR) is 130 cm³/mol. The molecule has 1 aromatic heterocycles. The molecule has 4 rings (SSSR count). The minimum Gasteiger partial charge on any atom is -0.492 e. The van der Waals surface area contributed by atoms with Crippen molar-refractivity contribution in [2.45, 2.75) is 55.2 Å². The Morgan fingerprint density at radius 3 is 2.71 bits per heavy atom. The summed E-state index contributed by atoms with van der Waals surface area (Å²) in [4.78, 5) is 16.7. The number of aromatic nitrogens is 1. The first kappa shape index (κ1) is 22.2.